The Morgan fingerprint density at radius 3 is 2.54 bits per heavy atom. The number of amides is 2. The van der Waals surface area contributed by atoms with Gasteiger partial charge in [-0.3, -0.25) is 0 Å². The van der Waals surface area contributed by atoms with Gasteiger partial charge in [0.2, 0.25) is 0 Å². The standard InChI is InChI=1S/C17H22N2O5/c1-9-12(15(21)24-17(2,3)4)13(19-16(22)18-9)10-7-6-8-11(23-5)14(10)20/h6-8,13,20H,1-5H3,(H2,18,19,22). The van der Waals surface area contributed by atoms with Crippen molar-refractivity contribution in [2.75, 3.05) is 7.11 Å². The van der Waals surface area contributed by atoms with Crippen molar-refractivity contribution in [3.05, 3.63) is 35.0 Å². The fourth-order valence-electron chi connectivity index (χ4n) is 2.47. The minimum absolute atomic E-state index is 0.138. The first-order valence-electron chi connectivity index (χ1n) is 7.51. The van der Waals surface area contributed by atoms with Crippen molar-refractivity contribution in [2.45, 2.75) is 39.3 Å². The van der Waals surface area contributed by atoms with Gasteiger partial charge < -0.3 is 25.2 Å². The molecule has 1 atom stereocenters. The van der Waals surface area contributed by atoms with E-state index in [0.717, 1.165) is 0 Å². The molecule has 0 radical (unpaired) electrons. The molecule has 7 nitrogen and oxygen atoms in total. The Bertz CT molecular complexity index is 703. The molecule has 0 saturated carbocycles. The van der Waals surface area contributed by atoms with Crippen molar-refractivity contribution in [2.24, 2.45) is 0 Å². The number of carbonyl (C=O) groups excluding carboxylic acids is 2. The average molecular weight is 334 g/mol. The summed E-state index contributed by atoms with van der Waals surface area (Å²) < 4.78 is 10.5. The highest BCUT2D eigenvalue weighted by Gasteiger charge is 2.35. The maximum Gasteiger partial charge on any atom is 0.338 e. The number of aromatic hydroxyl groups is 1. The Kier molecular flexibility index (Phi) is 4.73. The Labute approximate surface area is 140 Å². The second-order valence-electron chi connectivity index (χ2n) is 6.47. The highest BCUT2D eigenvalue weighted by molar-refractivity contribution is 5.95. The molecule has 0 aliphatic carbocycles. The smallest absolute Gasteiger partial charge is 0.338 e. The lowest BCUT2D eigenvalue weighted by Crippen LogP contribution is -2.46. The summed E-state index contributed by atoms with van der Waals surface area (Å²) in [4.78, 5) is 24.5. The number of ether oxygens (including phenoxy) is 2. The first-order valence-corrected chi connectivity index (χ1v) is 7.51. The molecule has 2 amide bonds. The Morgan fingerprint density at radius 2 is 1.96 bits per heavy atom. The van der Waals surface area contributed by atoms with Crippen LogP contribution in [0.5, 0.6) is 11.5 Å². The van der Waals surface area contributed by atoms with E-state index in [-0.39, 0.29) is 17.1 Å². The third-order valence-electron chi connectivity index (χ3n) is 3.45. The molecule has 0 aromatic heterocycles. The van der Waals surface area contributed by atoms with Crippen molar-refractivity contribution in [3.8, 4) is 11.5 Å². The number of urea groups is 1. The minimum Gasteiger partial charge on any atom is -0.504 e. The number of carbonyl (C=O) groups is 2. The summed E-state index contributed by atoms with van der Waals surface area (Å²) in [6, 6.07) is 3.57. The molecular weight excluding hydrogens is 312 g/mol. The van der Waals surface area contributed by atoms with Crippen molar-refractivity contribution >= 4 is 12.0 Å². The Morgan fingerprint density at radius 1 is 1.29 bits per heavy atom. The van der Waals surface area contributed by atoms with Gasteiger partial charge in [-0.2, -0.15) is 0 Å². The van der Waals surface area contributed by atoms with Gasteiger partial charge in [0.15, 0.2) is 11.5 Å². The van der Waals surface area contributed by atoms with Crippen molar-refractivity contribution in [3.63, 3.8) is 0 Å². The normalized spacial score (nSPS) is 17.9. The summed E-state index contributed by atoms with van der Waals surface area (Å²) in [5.74, 6) is -0.456. The van der Waals surface area contributed by atoms with E-state index in [9.17, 15) is 14.7 Å². The number of benzene rings is 1. The molecule has 1 aliphatic heterocycles. The van der Waals surface area contributed by atoms with Crippen LogP contribution in [0.4, 0.5) is 4.79 Å². The second-order valence-corrected chi connectivity index (χ2v) is 6.47. The van der Waals surface area contributed by atoms with Gasteiger partial charge in [-0.25, -0.2) is 9.59 Å². The number of phenols is 1. The van der Waals surface area contributed by atoms with Crippen LogP contribution in [-0.2, 0) is 9.53 Å². The first-order chi connectivity index (χ1) is 11.1. The van der Waals surface area contributed by atoms with E-state index in [1.165, 1.54) is 7.11 Å². The number of para-hydroxylation sites is 1. The van der Waals surface area contributed by atoms with E-state index < -0.39 is 23.6 Å². The van der Waals surface area contributed by atoms with E-state index in [0.29, 0.717) is 11.3 Å². The van der Waals surface area contributed by atoms with Crippen LogP contribution in [0.3, 0.4) is 0 Å². The maximum absolute atomic E-state index is 12.6. The summed E-state index contributed by atoms with van der Waals surface area (Å²) in [5, 5.41) is 15.6. The molecule has 7 heteroatoms. The van der Waals surface area contributed by atoms with E-state index in [2.05, 4.69) is 10.6 Å². The van der Waals surface area contributed by atoms with Gasteiger partial charge in [0.1, 0.15) is 5.60 Å². The van der Waals surface area contributed by atoms with Gasteiger partial charge in [-0.05, 0) is 33.8 Å². The molecule has 3 N–H and O–H groups in total. The Hall–Kier alpha value is -2.70. The number of hydrogen-bond acceptors (Lipinski definition) is 5. The highest BCUT2D eigenvalue weighted by atomic mass is 16.6. The first kappa shape index (κ1) is 17.7. The molecule has 0 saturated heterocycles. The number of nitrogens with one attached hydrogen (secondary N) is 2. The lowest BCUT2D eigenvalue weighted by molar-refractivity contribution is -0.150. The number of esters is 1. The largest absolute Gasteiger partial charge is 0.504 e. The summed E-state index contributed by atoms with van der Waals surface area (Å²) in [5.41, 5.74) is 0.269. The van der Waals surface area contributed by atoms with Gasteiger partial charge in [-0.15, -0.1) is 0 Å². The lowest BCUT2D eigenvalue weighted by atomic mass is 9.94. The zero-order valence-electron chi connectivity index (χ0n) is 14.4. The van der Waals surface area contributed by atoms with Gasteiger partial charge in [0, 0.05) is 11.3 Å². The molecule has 0 fully saturated rings. The maximum atomic E-state index is 12.6. The number of rotatable bonds is 3. The predicted molar refractivity (Wildman–Crippen MR) is 87.6 cm³/mol. The summed E-state index contributed by atoms with van der Waals surface area (Å²) in [7, 11) is 1.43. The summed E-state index contributed by atoms with van der Waals surface area (Å²) >= 11 is 0. The second kappa shape index (κ2) is 6.43. The minimum atomic E-state index is -0.844. The van der Waals surface area contributed by atoms with Crippen LogP contribution < -0.4 is 15.4 Å². The third kappa shape index (κ3) is 3.61. The molecule has 1 heterocycles. The Balaban J connectivity index is 2.52. The molecule has 24 heavy (non-hydrogen) atoms. The monoisotopic (exact) mass is 334 g/mol. The van der Waals surface area contributed by atoms with Crippen LogP contribution in [0, 0.1) is 0 Å². The molecule has 1 aromatic rings. The lowest BCUT2D eigenvalue weighted by Gasteiger charge is -2.30. The molecule has 2 rings (SSSR count). The number of hydrogen-bond donors (Lipinski definition) is 3. The predicted octanol–water partition coefficient (Wildman–Crippen LogP) is 2.37. The van der Waals surface area contributed by atoms with Crippen LogP contribution in [0.1, 0.15) is 39.3 Å². The SMILES string of the molecule is COc1cccc(C2NC(=O)NC(C)=C2C(=O)OC(C)(C)C)c1O. The molecule has 1 aliphatic rings. The van der Waals surface area contributed by atoms with Gasteiger partial charge in [0.25, 0.3) is 0 Å². The van der Waals surface area contributed by atoms with Gasteiger partial charge >= 0.3 is 12.0 Å². The van der Waals surface area contributed by atoms with Gasteiger partial charge in [0.05, 0.1) is 18.7 Å². The molecule has 1 aromatic carbocycles. The van der Waals surface area contributed by atoms with Crippen LogP contribution >= 0.6 is 0 Å². The number of allylic oxidation sites excluding steroid dienone is 1. The van der Waals surface area contributed by atoms with Crippen LogP contribution in [0.25, 0.3) is 0 Å². The summed E-state index contributed by atoms with van der Waals surface area (Å²) in [6.45, 7) is 6.89. The number of methoxy groups -OCH3 is 1. The molecular formula is C17H22N2O5. The third-order valence-corrected chi connectivity index (χ3v) is 3.45. The number of phenolic OH excluding ortho intramolecular Hbond substituents is 1. The fraction of sp³-hybridized carbons (Fsp3) is 0.412. The van der Waals surface area contributed by atoms with Gasteiger partial charge in [-0.1, -0.05) is 12.1 Å². The quantitative estimate of drug-likeness (QED) is 0.737. The van der Waals surface area contributed by atoms with Crippen LogP contribution in [-0.4, -0.2) is 29.8 Å². The average Bonchev–Trinajstić information content (AvgIpc) is 2.44. The van der Waals surface area contributed by atoms with E-state index in [4.69, 9.17) is 9.47 Å². The molecule has 130 valence electrons. The van der Waals surface area contributed by atoms with Crippen molar-refractivity contribution in [1.29, 1.82) is 0 Å². The van der Waals surface area contributed by atoms with E-state index in [1.54, 1.807) is 45.9 Å². The molecule has 1 unspecified atom stereocenters. The van der Waals surface area contributed by atoms with E-state index in [1.807, 2.05) is 0 Å². The zero-order valence-corrected chi connectivity index (χ0v) is 14.4. The van der Waals surface area contributed by atoms with Crippen molar-refractivity contribution < 1.29 is 24.2 Å². The van der Waals surface area contributed by atoms with Crippen LogP contribution in [0.15, 0.2) is 29.5 Å². The van der Waals surface area contributed by atoms with Crippen LogP contribution in [0.2, 0.25) is 0 Å². The zero-order chi connectivity index (χ0) is 18.1. The molecule has 0 spiro atoms. The molecule has 0 bridgehead atoms. The van der Waals surface area contributed by atoms with Crippen molar-refractivity contribution in [1.82, 2.24) is 10.6 Å². The fourth-order valence-corrected chi connectivity index (χ4v) is 2.47. The topological polar surface area (TPSA) is 96.9 Å². The summed E-state index contributed by atoms with van der Waals surface area (Å²) in [6.07, 6.45) is 0. The highest BCUT2D eigenvalue weighted by Crippen LogP contribution is 2.38. The van der Waals surface area contributed by atoms with E-state index >= 15 is 0 Å².